The largest absolute Gasteiger partial charge is 0.345 e. The van der Waals surface area contributed by atoms with Crippen molar-refractivity contribution in [3.05, 3.63) is 16.2 Å². The lowest BCUT2D eigenvalue weighted by Gasteiger charge is -2.32. The molecule has 138 valence electrons. The summed E-state index contributed by atoms with van der Waals surface area (Å²) in [5.41, 5.74) is 0.609. The van der Waals surface area contributed by atoms with Gasteiger partial charge in [-0.05, 0) is 20.3 Å². The van der Waals surface area contributed by atoms with Crippen LogP contribution in [-0.4, -0.2) is 46.9 Å². The molecule has 0 amide bonds. The Labute approximate surface area is 150 Å². The molecule has 0 saturated carbocycles. The third kappa shape index (κ3) is 4.74. The van der Waals surface area contributed by atoms with Gasteiger partial charge in [0.25, 0.3) is 5.56 Å². The van der Waals surface area contributed by atoms with E-state index in [1.807, 2.05) is 13.8 Å². The highest BCUT2D eigenvalue weighted by Crippen LogP contribution is 2.25. The molecule has 25 heavy (non-hydrogen) atoms. The van der Waals surface area contributed by atoms with Gasteiger partial charge in [0.1, 0.15) is 11.5 Å². The Hall–Kier alpha value is -2.04. The summed E-state index contributed by atoms with van der Waals surface area (Å²) < 4.78 is 1.67. The Balaban J connectivity index is 0.000000511. The normalized spacial score (nSPS) is 18.8. The Bertz CT molecular complexity index is 675. The molecule has 1 unspecified atom stereocenters. The molecule has 0 aliphatic carbocycles. The number of nitrogens with zero attached hydrogens (tertiary/aromatic N) is 3. The Morgan fingerprint density at radius 1 is 1.20 bits per heavy atom. The first-order chi connectivity index (χ1) is 12.1. The number of hydrogen-bond donors (Lipinski definition) is 3. The molecular weight excluding hydrogens is 316 g/mol. The van der Waals surface area contributed by atoms with Crippen molar-refractivity contribution in [1.29, 1.82) is 0 Å². The van der Waals surface area contributed by atoms with Crippen LogP contribution in [0.15, 0.2) is 4.79 Å². The maximum atomic E-state index is 12.5. The van der Waals surface area contributed by atoms with Gasteiger partial charge in [-0.2, -0.15) is 0 Å². The molecule has 3 rings (SSSR count). The molecule has 1 aromatic rings. The zero-order valence-electron chi connectivity index (χ0n) is 15.8. The maximum absolute atomic E-state index is 12.5. The predicted octanol–water partition coefficient (Wildman–Crippen LogP) is 1.18. The second-order valence-corrected chi connectivity index (χ2v) is 6.20. The number of aryl methyl sites for hydroxylation is 1. The zero-order chi connectivity index (χ0) is 18.2. The summed E-state index contributed by atoms with van der Waals surface area (Å²) in [6.07, 6.45) is 2.97. The predicted molar refractivity (Wildman–Crippen MR) is 103 cm³/mol. The quantitative estimate of drug-likeness (QED) is 0.711. The lowest BCUT2D eigenvalue weighted by atomic mass is 10.2. The van der Waals surface area contributed by atoms with Gasteiger partial charge >= 0.3 is 0 Å². The van der Waals surface area contributed by atoms with Gasteiger partial charge in [-0.1, -0.05) is 13.3 Å². The second kappa shape index (κ2) is 9.44. The van der Waals surface area contributed by atoms with Gasteiger partial charge in [-0.15, -0.1) is 11.8 Å². The van der Waals surface area contributed by atoms with Crippen molar-refractivity contribution in [1.82, 2.24) is 19.8 Å². The topological polar surface area (TPSA) is 74.2 Å². The number of hydrogen-bond acceptors (Lipinski definition) is 6. The molecule has 0 radical (unpaired) electrons. The number of unbranched alkanes of at least 4 members (excludes halogenated alkanes) is 1. The zero-order valence-corrected chi connectivity index (χ0v) is 15.8. The molecule has 1 fully saturated rings. The molecule has 0 aromatic carbocycles. The molecule has 1 aromatic heterocycles. The van der Waals surface area contributed by atoms with Crippen LogP contribution in [0.4, 0.5) is 11.5 Å². The van der Waals surface area contributed by atoms with Crippen molar-refractivity contribution in [2.75, 3.05) is 36.8 Å². The molecule has 3 heterocycles. The SMILES string of the molecule is CC#CC.CCCCc1nc2c(c(=O)n1C)NC(N1CCNCC1)N2. The second-order valence-electron chi connectivity index (χ2n) is 6.20. The van der Waals surface area contributed by atoms with Crippen molar-refractivity contribution < 1.29 is 0 Å². The van der Waals surface area contributed by atoms with Crippen molar-refractivity contribution >= 4 is 11.5 Å². The van der Waals surface area contributed by atoms with E-state index in [1.165, 1.54) is 0 Å². The lowest BCUT2D eigenvalue weighted by molar-refractivity contribution is 0.209. The smallest absolute Gasteiger partial charge is 0.278 e. The van der Waals surface area contributed by atoms with E-state index in [9.17, 15) is 4.79 Å². The number of aromatic nitrogens is 2. The van der Waals surface area contributed by atoms with Crippen LogP contribution in [0.5, 0.6) is 0 Å². The van der Waals surface area contributed by atoms with E-state index in [-0.39, 0.29) is 11.8 Å². The van der Waals surface area contributed by atoms with Crippen molar-refractivity contribution in [3.63, 3.8) is 0 Å². The van der Waals surface area contributed by atoms with Gasteiger partial charge in [0.05, 0.1) is 0 Å². The van der Waals surface area contributed by atoms with E-state index in [0.717, 1.165) is 51.3 Å². The highest BCUT2D eigenvalue weighted by atomic mass is 16.1. The summed E-state index contributed by atoms with van der Waals surface area (Å²) >= 11 is 0. The molecule has 2 aliphatic heterocycles. The molecule has 3 N–H and O–H groups in total. The van der Waals surface area contributed by atoms with Gasteiger partial charge in [0, 0.05) is 39.6 Å². The van der Waals surface area contributed by atoms with Gasteiger partial charge in [-0.3, -0.25) is 14.3 Å². The van der Waals surface area contributed by atoms with E-state index in [1.54, 1.807) is 11.6 Å². The number of nitrogens with one attached hydrogen (secondary N) is 3. The third-order valence-electron chi connectivity index (χ3n) is 4.46. The standard InChI is InChI=1S/C14H24N6O.C4H6/c1-3-4-5-10-16-12-11(13(21)19(10)2)17-14(18-12)20-8-6-15-7-9-20;1-3-4-2/h14-15,17-18H,3-9H2,1-2H3;1-2H3. The average Bonchev–Trinajstić information content (AvgIpc) is 3.09. The maximum Gasteiger partial charge on any atom is 0.278 e. The van der Waals surface area contributed by atoms with Crippen LogP contribution in [0.1, 0.15) is 39.4 Å². The fourth-order valence-electron chi connectivity index (χ4n) is 2.86. The van der Waals surface area contributed by atoms with Crippen LogP contribution in [0.3, 0.4) is 0 Å². The van der Waals surface area contributed by atoms with E-state index < -0.39 is 0 Å². The van der Waals surface area contributed by atoms with Crippen molar-refractivity contribution in [3.8, 4) is 11.8 Å². The van der Waals surface area contributed by atoms with Gasteiger partial charge in [0.2, 0.25) is 0 Å². The van der Waals surface area contributed by atoms with E-state index >= 15 is 0 Å². The summed E-state index contributed by atoms with van der Waals surface area (Å²) in [5.74, 6) is 6.92. The average molecular weight is 346 g/mol. The van der Waals surface area contributed by atoms with Gasteiger partial charge in [-0.25, -0.2) is 4.98 Å². The van der Waals surface area contributed by atoms with Gasteiger partial charge in [0.15, 0.2) is 12.1 Å². The first-order valence-corrected chi connectivity index (χ1v) is 9.03. The van der Waals surface area contributed by atoms with Gasteiger partial charge < -0.3 is 16.0 Å². The highest BCUT2D eigenvalue weighted by Gasteiger charge is 2.30. The fraction of sp³-hybridized carbons (Fsp3) is 0.667. The lowest BCUT2D eigenvalue weighted by Crippen LogP contribution is -2.52. The minimum Gasteiger partial charge on any atom is -0.345 e. The molecule has 7 heteroatoms. The molecule has 1 saturated heterocycles. The van der Waals surface area contributed by atoms with Crippen LogP contribution < -0.4 is 21.5 Å². The highest BCUT2D eigenvalue weighted by molar-refractivity contribution is 5.69. The molecule has 0 bridgehead atoms. The molecule has 7 nitrogen and oxygen atoms in total. The van der Waals surface area contributed by atoms with Crippen LogP contribution in [0.2, 0.25) is 0 Å². The molecular formula is C18H30N6O. The first kappa shape index (κ1) is 19.3. The van der Waals surface area contributed by atoms with Crippen molar-refractivity contribution in [2.24, 2.45) is 7.05 Å². The number of rotatable bonds is 4. The Morgan fingerprint density at radius 2 is 1.88 bits per heavy atom. The number of piperazine rings is 1. The minimum absolute atomic E-state index is 0.0104. The van der Waals surface area contributed by atoms with Crippen LogP contribution in [0.25, 0.3) is 0 Å². The molecule has 2 aliphatic rings. The first-order valence-electron chi connectivity index (χ1n) is 9.03. The van der Waals surface area contributed by atoms with E-state index in [4.69, 9.17) is 0 Å². The van der Waals surface area contributed by atoms with Crippen LogP contribution >= 0.6 is 0 Å². The van der Waals surface area contributed by atoms with Crippen LogP contribution in [0, 0.1) is 11.8 Å². The summed E-state index contributed by atoms with van der Waals surface area (Å²) in [6, 6.07) is 0. The summed E-state index contributed by atoms with van der Waals surface area (Å²) in [4.78, 5) is 19.4. The van der Waals surface area contributed by atoms with Crippen LogP contribution in [-0.2, 0) is 13.5 Å². The Kier molecular flexibility index (Phi) is 7.29. The van der Waals surface area contributed by atoms with Crippen molar-refractivity contribution in [2.45, 2.75) is 46.3 Å². The molecule has 1 atom stereocenters. The minimum atomic E-state index is -0.0243. The number of fused-ring (bicyclic) bond motifs is 1. The Morgan fingerprint density at radius 3 is 2.48 bits per heavy atom. The summed E-state index contributed by atoms with van der Waals surface area (Å²) in [7, 11) is 1.81. The third-order valence-corrected chi connectivity index (χ3v) is 4.46. The summed E-state index contributed by atoms with van der Waals surface area (Å²) in [6.45, 7) is 9.65. The molecule has 0 spiro atoms. The number of anilines is 2. The van der Waals surface area contributed by atoms with E-state index in [2.05, 4.69) is 44.6 Å². The monoisotopic (exact) mass is 346 g/mol. The van der Waals surface area contributed by atoms with E-state index in [0.29, 0.717) is 11.5 Å². The fourth-order valence-corrected chi connectivity index (χ4v) is 2.86. The summed E-state index contributed by atoms with van der Waals surface area (Å²) in [5, 5.41) is 9.97.